The number of unbranched alkanes of at least 4 members (excludes halogenated alkanes) is 2. The minimum absolute atomic E-state index is 0.227. The third-order valence-electron chi connectivity index (χ3n) is 2.07. The van der Waals surface area contributed by atoms with Crippen LogP contribution < -0.4 is 0 Å². The zero-order chi connectivity index (χ0) is 12.2. The minimum atomic E-state index is -0.468. The van der Waals surface area contributed by atoms with E-state index in [9.17, 15) is 9.90 Å². The Bertz CT molecular complexity index is 323. The predicted octanol–water partition coefficient (Wildman–Crippen LogP) is 2.08. The molecular weight excluding hydrogens is 200 g/mol. The SMILES string of the molecule is C#CC#C/C=C/[C@H](O)CCCCCC(C)=O. The number of aliphatic hydroxyl groups is 1. The van der Waals surface area contributed by atoms with E-state index < -0.39 is 6.10 Å². The lowest BCUT2D eigenvalue weighted by molar-refractivity contribution is -0.117. The number of aliphatic hydroxyl groups excluding tert-OH is 1. The predicted molar refractivity (Wildman–Crippen MR) is 65.5 cm³/mol. The zero-order valence-electron chi connectivity index (χ0n) is 9.70. The topological polar surface area (TPSA) is 37.3 Å². The second-order valence-corrected chi connectivity index (χ2v) is 3.64. The van der Waals surface area contributed by atoms with Crippen molar-refractivity contribution in [3.05, 3.63) is 12.2 Å². The van der Waals surface area contributed by atoms with Gasteiger partial charge in [-0.1, -0.05) is 18.8 Å². The van der Waals surface area contributed by atoms with Crippen molar-refractivity contribution >= 4 is 5.78 Å². The van der Waals surface area contributed by atoms with Crippen LogP contribution in [-0.4, -0.2) is 17.0 Å². The Morgan fingerprint density at radius 2 is 2.19 bits per heavy atom. The third kappa shape index (κ3) is 10.6. The van der Waals surface area contributed by atoms with Gasteiger partial charge in [0, 0.05) is 6.42 Å². The first-order valence-corrected chi connectivity index (χ1v) is 5.47. The number of carbonyl (C=O) groups is 1. The number of hydrogen-bond acceptors (Lipinski definition) is 2. The normalized spacial score (nSPS) is 11.6. The monoisotopic (exact) mass is 218 g/mol. The van der Waals surface area contributed by atoms with Gasteiger partial charge >= 0.3 is 0 Å². The van der Waals surface area contributed by atoms with Crippen molar-refractivity contribution in [1.29, 1.82) is 0 Å². The number of allylic oxidation sites excluding steroid dienone is 1. The lowest BCUT2D eigenvalue weighted by Crippen LogP contribution is -2.01. The molecule has 0 amide bonds. The van der Waals surface area contributed by atoms with Crippen LogP contribution in [-0.2, 0) is 4.79 Å². The standard InChI is InChI=1S/C14H18O2/c1-3-4-5-8-11-14(16)12-9-6-7-10-13(2)15/h1,8,11,14,16H,6-7,9-10,12H2,2H3/b11-8+/t14-/m0/s1. The van der Waals surface area contributed by atoms with Gasteiger partial charge in [0.15, 0.2) is 0 Å². The summed E-state index contributed by atoms with van der Waals surface area (Å²) in [6.07, 6.45) is 11.8. The molecule has 0 aliphatic rings. The molecule has 1 N–H and O–H groups in total. The van der Waals surface area contributed by atoms with E-state index in [2.05, 4.69) is 17.8 Å². The van der Waals surface area contributed by atoms with Crippen molar-refractivity contribution in [3.63, 3.8) is 0 Å². The molecule has 2 heteroatoms. The molecule has 0 heterocycles. The molecule has 0 aromatic carbocycles. The molecule has 0 unspecified atom stereocenters. The maximum atomic E-state index is 10.7. The Balaban J connectivity index is 3.51. The fourth-order valence-corrected chi connectivity index (χ4v) is 1.24. The summed E-state index contributed by atoms with van der Waals surface area (Å²) in [5.74, 6) is 7.46. The van der Waals surface area contributed by atoms with Crippen LogP contribution in [0.2, 0.25) is 0 Å². The van der Waals surface area contributed by atoms with Crippen LogP contribution in [0.15, 0.2) is 12.2 Å². The molecule has 0 aromatic heterocycles. The van der Waals surface area contributed by atoms with Gasteiger partial charge in [0.25, 0.3) is 0 Å². The second-order valence-electron chi connectivity index (χ2n) is 3.64. The molecule has 0 aromatic rings. The van der Waals surface area contributed by atoms with Crippen LogP contribution in [0.1, 0.15) is 39.0 Å². The highest BCUT2D eigenvalue weighted by molar-refractivity contribution is 5.75. The Morgan fingerprint density at radius 3 is 2.81 bits per heavy atom. The average molecular weight is 218 g/mol. The highest BCUT2D eigenvalue weighted by Gasteiger charge is 1.99. The van der Waals surface area contributed by atoms with Gasteiger partial charge in [0.1, 0.15) is 5.78 Å². The fraction of sp³-hybridized carbons (Fsp3) is 0.500. The number of Topliss-reactive ketones (excluding diaryl/α,β-unsaturated/α-hetero) is 1. The number of terminal acetylenes is 1. The lowest BCUT2D eigenvalue weighted by atomic mass is 10.1. The van der Waals surface area contributed by atoms with Gasteiger partial charge < -0.3 is 9.90 Å². The van der Waals surface area contributed by atoms with Crippen LogP contribution in [0.3, 0.4) is 0 Å². The molecule has 0 fully saturated rings. The molecular formula is C14H18O2. The van der Waals surface area contributed by atoms with E-state index in [1.54, 1.807) is 19.1 Å². The third-order valence-corrected chi connectivity index (χ3v) is 2.07. The quantitative estimate of drug-likeness (QED) is 0.524. The van der Waals surface area contributed by atoms with Gasteiger partial charge in [-0.25, -0.2) is 0 Å². The van der Waals surface area contributed by atoms with E-state index in [0.717, 1.165) is 19.3 Å². The summed E-state index contributed by atoms with van der Waals surface area (Å²) in [4.78, 5) is 10.7. The molecule has 0 aliphatic heterocycles. The summed E-state index contributed by atoms with van der Waals surface area (Å²) in [5, 5.41) is 9.48. The van der Waals surface area contributed by atoms with Crippen LogP contribution in [0.5, 0.6) is 0 Å². The van der Waals surface area contributed by atoms with E-state index >= 15 is 0 Å². The molecule has 0 rings (SSSR count). The van der Waals surface area contributed by atoms with Gasteiger partial charge in [0.05, 0.1) is 6.10 Å². The van der Waals surface area contributed by atoms with Crippen molar-refractivity contribution in [3.8, 4) is 24.2 Å². The second kappa shape index (κ2) is 10.0. The van der Waals surface area contributed by atoms with Gasteiger partial charge in [-0.3, -0.25) is 0 Å². The van der Waals surface area contributed by atoms with E-state index in [-0.39, 0.29) is 5.78 Å². The van der Waals surface area contributed by atoms with Crippen LogP contribution in [0, 0.1) is 24.2 Å². The van der Waals surface area contributed by atoms with Crippen LogP contribution in [0.25, 0.3) is 0 Å². The summed E-state index contributed by atoms with van der Waals surface area (Å²) in [7, 11) is 0. The first-order valence-electron chi connectivity index (χ1n) is 5.47. The van der Waals surface area contributed by atoms with Crippen molar-refractivity contribution < 1.29 is 9.90 Å². The molecule has 2 nitrogen and oxygen atoms in total. The molecule has 0 saturated heterocycles. The summed E-state index contributed by atoms with van der Waals surface area (Å²) in [6, 6.07) is 0. The van der Waals surface area contributed by atoms with E-state index in [0.29, 0.717) is 12.8 Å². The fourth-order valence-electron chi connectivity index (χ4n) is 1.24. The van der Waals surface area contributed by atoms with Gasteiger partial charge in [-0.15, -0.1) is 6.42 Å². The summed E-state index contributed by atoms with van der Waals surface area (Å²) in [6.45, 7) is 1.60. The van der Waals surface area contributed by atoms with Gasteiger partial charge in [0.2, 0.25) is 0 Å². The number of hydrogen-bond donors (Lipinski definition) is 1. The first-order chi connectivity index (χ1) is 7.66. The lowest BCUT2D eigenvalue weighted by Gasteiger charge is -2.03. The van der Waals surface area contributed by atoms with E-state index in [4.69, 9.17) is 6.42 Å². The number of rotatable bonds is 7. The highest BCUT2D eigenvalue weighted by atomic mass is 16.3. The Kier molecular flexibility index (Phi) is 9.08. The van der Waals surface area contributed by atoms with Gasteiger partial charge in [-0.2, -0.15) is 0 Å². The summed E-state index contributed by atoms with van der Waals surface area (Å²) >= 11 is 0. The maximum absolute atomic E-state index is 10.7. The highest BCUT2D eigenvalue weighted by Crippen LogP contribution is 2.06. The van der Waals surface area contributed by atoms with Crippen molar-refractivity contribution in [1.82, 2.24) is 0 Å². The number of ketones is 1. The Hall–Kier alpha value is -1.51. The molecule has 0 radical (unpaired) electrons. The maximum Gasteiger partial charge on any atom is 0.129 e. The summed E-state index contributed by atoms with van der Waals surface area (Å²) in [5.41, 5.74) is 0. The van der Waals surface area contributed by atoms with Crippen LogP contribution >= 0.6 is 0 Å². The van der Waals surface area contributed by atoms with E-state index in [1.807, 2.05) is 0 Å². The molecule has 0 bridgehead atoms. The summed E-state index contributed by atoms with van der Waals surface area (Å²) < 4.78 is 0. The molecule has 1 atom stereocenters. The Labute approximate surface area is 97.7 Å². The first kappa shape index (κ1) is 14.5. The van der Waals surface area contributed by atoms with Crippen LogP contribution in [0.4, 0.5) is 0 Å². The molecule has 0 saturated carbocycles. The smallest absolute Gasteiger partial charge is 0.129 e. The molecule has 86 valence electrons. The Morgan fingerprint density at radius 1 is 1.44 bits per heavy atom. The van der Waals surface area contributed by atoms with Crippen molar-refractivity contribution in [2.24, 2.45) is 0 Å². The minimum Gasteiger partial charge on any atom is -0.389 e. The molecule has 0 spiro atoms. The van der Waals surface area contributed by atoms with Gasteiger partial charge in [-0.05, 0) is 43.8 Å². The van der Waals surface area contributed by atoms with E-state index in [1.165, 1.54) is 0 Å². The largest absolute Gasteiger partial charge is 0.389 e. The van der Waals surface area contributed by atoms with Crippen molar-refractivity contribution in [2.75, 3.05) is 0 Å². The average Bonchev–Trinajstić information content (AvgIpc) is 2.23. The molecule has 0 aliphatic carbocycles. The molecule has 16 heavy (non-hydrogen) atoms. The van der Waals surface area contributed by atoms with Crippen molar-refractivity contribution in [2.45, 2.75) is 45.1 Å². The zero-order valence-corrected chi connectivity index (χ0v) is 9.70. The number of carbonyl (C=O) groups excluding carboxylic acids is 1.